The molecule has 1 atom stereocenters. The monoisotopic (exact) mass is 144 g/mol. The standard InChI is InChI=1S/C6H12N2O2/c1-4(9)5(8-2)3-6(7)10/h5,8H,3H2,1-2H3,(H2,7,10)/t5-/m0/s1. The van der Waals surface area contributed by atoms with E-state index in [1.807, 2.05) is 0 Å². The van der Waals surface area contributed by atoms with Crippen LogP contribution in [0.25, 0.3) is 0 Å². The molecule has 0 aliphatic heterocycles. The van der Waals surface area contributed by atoms with E-state index in [-0.39, 0.29) is 12.2 Å². The quantitative estimate of drug-likeness (QED) is 0.533. The molecule has 0 bridgehead atoms. The van der Waals surface area contributed by atoms with Crippen LogP contribution in [0.15, 0.2) is 0 Å². The van der Waals surface area contributed by atoms with Crippen LogP contribution in [0, 0.1) is 0 Å². The Morgan fingerprint density at radius 3 is 2.20 bits per heavy atom. The predicted octanol–water partition coefficient (Wildman–Crippen LogP) is -0.961. The first-order chi connectivity index (χ1) is 4.57. The second-order valence-corrected chi connectivity index (χ2v) is 2.12. The van der Waals surface area contributed by atoms with Crippen molar-refractivity contribution in [2.24, 2.45) is 5.73 Å². The highest BCUT2D eigenvalue weighted by molar-refractivity contribution is 5.87. The molecule has 0 saturated heterocycles. The van der Waals surface area contributed by atoms with Crippen LogP contribution in [0.3, 0.4) is 0 Å². The van der Waals surface area contributed by atoms with Crippen molar-refractivity contribution in [3.63, 3.8) is 0 Å². The van der Waals surface area contributed by atoms with E-state index in [0.29, 0.717) is 0 Å². The Morgan fingerprint density at radius 2 is 2.10 bits per heavy atom. The van der Waals surface area contributed by atoms with Gasteiger partial charge >= 0.3 is 0 Å². The SMILES string of the molecule is CN[C@@H](CC(N)=O)C(C)=O. The van der Waals surface area contributed by atoms with E-state index in [4.69, 9.17) is 5.73 Å². The van der Waals surface area contributed by atoms with Gasteiger partial charge in [-0.1, -0.05) is 0 Å². The fraction of sp³-hybridized carbons (Fsp3) is 0.667. The van der Waals surface area contributed by atoms with E-state index in [0.717, 1.165) is 0 Å². The van der Waals surface area contributed by atoms with Crippen molar-refractivity contribution in [1.29, 1.82) is 0 Å². The van der Waals surface area contributed by atoms with Gasteiger partial charge in [0.05, 0.1) is 6.04 Å². The summed E-state index contributed by atoms with van der Waals surface area (Å²) in [5.74, 6) is -0.532. The third kappa shape index (κ3) is 3.19. The average molecular weight is 144 g/mol. The number of amides is 1. The number of Topliss-reactive ketones (excluding diaryl/α,β-unsaturated/α-hetero) is 1. The normalized spacial score (nSPS) is 12.6. The van der Waals surface area contributed by atoms with Gasteiger partial charge in [0.25, 0.3) is 0 Å². The number of nitrogens with two attached hydrogens (primary N) is 1. The molecule has 0 aliphatic rings. The molecular formula is C6H12N2O2. The fourth-order valence-corrected chi connectivity index (χ4v) is 0.650. The summed E-state index contributed by atoms with van der Waals surface area (Å²) in [7, 11) is 1.62. The number of rotatable bonds is 4. The Bertz CT molecular complexity index is 145. The molecule has 0 aliphatic carbocycles. The Morgan fingerprint density at radius 1 is 1.60 bits per heavy atom. The predicted molar refractivity (Wildman–Crippen MR) is 37.3 cm³/mol. The average Bonchev–Trinajstić information content (AvgIpc) is 1.81. The Hall–Kier alpha value is -0.900. The van der Waals surface area contributed by atoms with Gasteiger partial charge in [0.15, 0.2) is 0 Å². The smallest absolute Gasteiger partial charge is 0.219 e. The van der Waals surface area contributed by atoms with Crippen molar-refractivity contribution in [1.82, 2.24) is 5.32 Å². The minimum Gasteiger partial charge on any atom is -0.370 e. The zero-order valence-corrected chi connectivity index (χ0v) is 6.18. The van der Waals surface area contributed by atoms with Gasteiger partial charge in [-0.15, -0.1) is 0 Å². The highest BCUT2D eigenvalue weighted by atomic mass is 16.1. The number of likely N-dealkylation sites (N-methyl/N-ethyl adjacent to an activating group) is 1. The second-order valence-electron chi connectivity index (χ2n) is 2.12. The molecule has 0 unspecified atom stereocenters. The van der Waals surface area contributed by atoms with Gasteiger partial charge in [-0.3, -0.25) is 9.59 Å². The highest BCUT2D eigenvalue weighted by Crippen LogP contribution is 1.90. The lowest BCUT2D eigenvalue weighted by Gasteiger charge is -2.08. The van der Waals surface area contributed by atoms with E-state index in [9.17, 15) is 9.59 Å². The number of nitrogens with one attached hydrogen (secondary N) is 1. The fourth-order valence-electron chi connectivity index (χ4n) is 0.650. The largest absolute Gasteiger partial charge is 0.370 e. The highest BCUT2D eigenvalue weighted by Gasteiger charge is 2.13. The minimum atomic E-state index is -0.463. The zero-order chi connectivity index (χ0) is 8.15. The lowest BCUT2D eigenvalue weighted by molar-refractivity contribution is -0.124. The van der Waals surface area contributed by atoms with Crippen molar-refractivity contribution in [2.75, 3.05) is 7.05 Å². The van der Waals surface area contributed by atoms with Crippen molar-refractivity contribution in [3.8, 4) is 0 Å². The van der Waals surface area contributed by atoms with Gasteiger partial charge in [0.2, 0.25) is 5.91 Å². The molecule has 0 radical (unpaired) electrons. The molecule has 0 aromatic rings. The molecule has 0 aromatic heterocycles. The van der Waals surface area contributed by atoms with Crippen LogP contribution in [-0.2, 0) is 9.59 Å². The first-order valence-electron chi connectivity index (χ1n) is 3.04. The summed E-state index contributed by atoms with van der Waals surface area (Å²) in [5.41, 5.74) is 4.88. The third-order valence-electron chi connectivity index (χ3n) is 1.24. The molecule has 1 amide bonds. The molecule has 0 fully saturated rings. The summed E-state index contributed by atoms with van der Waals surface area (Å²) in [4.78, 5) is 20.9. The molecule has 4 heteroatoms. The number of ketones is 1. The number of hydrogen-bond acceptors (Lipinski definition) is 3. The first-order valence-corrected chi connectivity index (χ1v) is 3.04. The van der Waals surface area contributed by atoms with Crippen LogP contribution in [0.2, 0.25) is 0 Å². The molecule has 4 nitrogen and oxygen atoms in total. The van der Waals surface area contributed by atoms with E-state index < -0.39 is 11.9 Å². The zero-order valence-electron chi connectivity index (χ0n) is 6.18. The second kappa shape index (κ2) is 4.00. The summed E-state index contributed by atoms with van der Waals surface area (Å²) >= 11 is 0. The van der Waals surface area contributed by atoms with E-state index in [1.165, 1.54) is 6.92 Å². The summed E-state index contributed by atoms with van der Waals surface area (Å²) < 4.78 is 0. The van der Waals surface area contributed by atoms with Gasteiger partial charge in [0.1, 0.15) is 5.78 Å². The number of primary amides is 1. The molecule has 0 heterocycles. The van der Waals surface area contributed by atoms with Gasteiger partial charge in [0, 0.05) is 6.42 Å². The maximum Gasteiger partial charge on any atom is 0.219 e. The first kappa shape index (κ1) is 9.10. The Balaban J connectivity index is 3.83. The van der Waals surface area contributed by atoms with Gasteiger partial charge in [-0.2, -0.15) is 0 Å². The molecule has 0 rings (SSSR count). The van der Waals surface area contributed by atoms with Crippen molar-refractivity contribution in [3.05, 3.63) is 0 Å². The van der Waals surface area contributed by atoms with Crippen LogP contribution in [-0.4, -0.2) is 24.8 Å². The van der Waals surface area contributed by atoms with E-state index in [2.05, 4.69) is 5.32 Å². The summed E-state index contributed by atoms with van der Waals surface area (Å²) in [6, 6.07) is -0.419. The topological polar surface area (TPSA) is 72.2 Å². The Labute approximate surface area is 59.8 Å². The molecule has 58 valence electrons. The van der Waals surface area contributed by atoms with Gasteiger partial charge in [-0.25, -0.2) is 0 Å². The minimum absolute atomic E-state index is 0.0682. The van der Waals surface area contributed by atoms with Crippen LogP contribution < -0.4 is 11.1 Å². The molecule has 10 heavy (non-hydrogen) atoms. The maximum atomic E-state index is 10.6. The summed E-state index contributed by atoms with van der Waals surface area (Å²) in [5, 5.41) is 2.68. The molecule has 0 spiro atoms. The lowest BCUT2D eigenvalue weighted by atomic mass is 10.1. The van der Waals surface area contributed by atoms with Crippen LogP contribution in [0.4, 0.5) is 0 Å². The van der Waals surface area contributed by atoms with Crippen LogP contribution in [0.5, 0.6) is 0 Å². The molecular weight excluding hydrogens is 132 g/mol. The number of carbonyl (C=O) groups excluding carboxylic acids is 2. The summed E-state index contributed by atoms with van der Waals surface area (Å²) in [6.45, 7) is 1.42. The van der Waals surface area contributed by atoms with Gasteiger partial charge < -0.3 is 11.1 Å². The van der Waals surface area contributed by atoms with E-state index in [1.54, 1.807) is 7.05 Å². The number of carbonyl (C=O) groups is 2. The third-order valence-corrected chi connectivity index (χ3v) is 1.24. The van der Waals surface area contributed by atoms with Crippen LogP contribution in [0.1, 0.15) is 13.3 Å². The lowest BCUT2D eigenvalue weighted by Crippen LogP contribution is -2.36. The molecule has 3 N–H and O–H groups in total. The van der Waals surface area contributed by atoms with Crippen molar-refractivity contribution < 1.29 is 9.59 Å². The number of hydrogen-bond donors (Lipinski definition) is 2. The van der Waals surface area contributed by atoms with Crippen LogP contribution >= 0.6 is 0 Å². The van der Waals surface area contributed by atoms with Crippen molar-refractivity contribution >= 4 is 11.7 Å². The maximum absolute atomic E-state index is 10.6. The molecule has 0 aromatic carbocycles. The molecule has 0 saturated carbocycles. The van der Waals surface area contributed by atoms with E-state index >= 15 is 0 Å². The Kier molecular flexibility index (Phi) is 3.64. The summed E-state index contributed by atoms with van der Waals surface area (Å²) in [6.07, 6.45) is 0.0752. The van der Waals surface area contributed by atoms with Gasteiger partial charge in [-0.05, 0) is 14.0 Å². The van der Waals surface area contributed by atoms with Crippen molar-refractivity contribution in [2.45, 2.75) is 19.4 Å².